The molecule has 0 aliphatic heterocycles. The molecule has 1 heterocycles. The first-order chi connectivity index (χ1) is 6.06. The van der Waals surface area contributed by atoms with Crippen molar-refractivity contribution in [3.05, 3.63) is 28.3 Å². The Balaban J connectivity index is 3.38. The second-order valence-corrected chi connectivity index (χ2v) is 2.52. The van der Waals surface area contributed by atoms with Gasteiger partial charge in [-0.1, -0.05) is 11.6 Å². The van der Waals surface area contributed by atoms with Crippen LogP contribution in [0.1, 0.15) is 22.3 Å². The molecule has 6 heteroatoms. The van der Waals surface area contributed by atoms with Gasteiger partial charge in [-0.2, -0.15) is 4.39 Å². The Bertz CT molecular complexity index is 343. The molecule has 0 aromatic carbocycles. The number of nitrogens with zero attached hydrogens (tertiary/aromatic N) is 1. The number of halogens is 4. The predicted octanol–water partition coefficient (Wildman–Crippen LogP) is 2.62. The molecule has 70 valence electrons. The molecule has 0 aliphatic carbocycles. The monoisotopic (exact) mass is 209 g/mol. The van der Waals surface area contributed by atoms with E-state index in [9.17, 15) is 18.0 Å². The summed E-state index contributed by atoms with van der Waals surface area (Å²) in [6, 6.07) is 0.611. The van der Waals surface area contributed by atoms with Gasteiger partial charge in [0.05, 0.1) is 5.56 Å². The highest BCUT2D eigenvalue weighted by atomic mass is 35.5. The van der Waals surface area contributed by atoms with Gasteiger partial charge in [-0.25, -0.2) is 13.8 Å². The van der Waals surface area contributed by atoms with E-state index in [1.807, 2.05) is 0 Å². The average molecular weight is 210 g/mol. The molecule has 1 rings (SSSR count). The highest BCUT2D eigenvalue weighted by Crippen LogP contribution is 2.28. The molecule has 0 unspecified atom stereocenters. The van der Waals surface area contributed by atoms with E-state index in [1.54, 1.807) is 0 Å². The standard InChI is InChI=1S/C7H3ClF3NO/c8-6-5(7(10)11)3(2-13)1-4(9)12-6/h1-2,7H. The lowest BCUT2D eigenvalue weighted by Gasteiger charge is -2.04. The van der Waals surface area contributed by atoms with E-state index in [1.165, 1.54) is 0 Å². The number of alkyl halides is 2. The Hall–Kier alpha value is -1.10. The summed E-state index contributed by atoms with van der Waals surface area (Å²) >= 11 is 5.22. The molecular formula is C7H3ClF3NO. The van der Waals surface area contributed by atoms with Crippen LogP contribution in [0.2, 0.25) is 5.15 Å². The van der Waals surface area contributed by atoms with E-state index in [0.29, 0.717) is 6.07 Å². The number of pyridine rings is 1. The molecule has 2 nitrogen and oxygen atoms in total. The van der Waals surface area contributed by atoms with E-state index >= 15 is 0 Å². The van der Waals surface area contributed by atoms with E-state index in [0.717, 1.165) is 0 Å². The number of aldehydes is 1. The summed E-state index contributed by atoms with van der Waals surface area (Å²) in [7, 11) is 0. The molecule has 0 saturated carbocycles. The van der Waals surface area contributed by atoms with Gasteiger partial charge in [0.15, 0.2) is 6.29 Å². The fourth-order valence-electron chi connectivity index (χ4n) is 0.825. The van der Waals surface area contributed by atoms with Gasteiger partial charge in [0.2, 0.25) is 5.95 Å². The Morgan fingerprint density at radius 1 is 1.54 bits per heavy atom. The first kappa shape index (κ1) is 9.98. The Labute approximate surface area is 76.3 Å². The Kier molecular flexibility index (Phi) is 2.87. The summed E-state index contributed by atoms with van der Waals surface area (Å²) in [5.41, 5.74) is -1.22. The molecule has 0 fully saturated rings. The van der Waals surface area contributed by atoms with Gasteiger partial charge in [-0.15, -0.1) is 0 Å². The third-order valence-electron chi connectivity index (χ3n) is 1.36. The molecule has 0 aliphatic rings. The summed E-state index contributed by atoms with van der Waals surface area (Å²) in [6.45, 7) is 0. The molecule has 1 aromatic heterocycles. The smallest absolute Gasteiger partial charge is 0.267 e. The molecule has 0 N–H and O–H groups in total. The van der Waals surface area contributed by atoms with E-state index in [-0.39, 0.29) is 6.29 Å². The van der Waals surface area contributed by atoms with Crippen LogP contribution in [-0.4, -0.2) is 11.3 Å². The lowest BCUT2D eigenvalue weighted by Crippen LogP contribution is -1.99. The normalized spacial score (nSPS) is 10.5. The lowest BCUT2D eigenvalue weighted by molar-refractivity contribution is 0.110. The first-order valence-electron chi connectivity index (χ1n) is 3.15. The molecular weight excluding hydrogens is 207 g/mol. The maximum Gasteiger partial charge on any atom is 0.267 e. The lowest BCUT2D eigenvalue weighted by atomic mass is 10.1. The van der Waals surface area contributed by atoms with Crippen LogP contribution < -0.4 is 0 Å². The zero-order valence-electron chi connectivity index (χ0n) is 6.10. The van der Waals surface area contributed by atoms with Gasteiger partial charge in [-0.05, 0) is 0 Å². The van der Waals surface area contributed by atoms with Crippen LogP contribution >= 0.6 is 11.6 Å². The summed E-state index contributed by atoms with van der Waals surface area (Å²) in [4.78, 5) is 13.2. The van der Waals surface area contributed by atoms with Crippen LogP contribution in [0.4, 0.5) is 13.2 Å². The summed E-state index contributed by atoms with van der Waals surface area (Å²) in [6.07, 6.45) is -2.83. The molecule has 1 aromatic rings. The van der Waals surface area contributed by atoms with Crippen molar-refractivity contribution in [2.45, 2.75) is 6.43 Å². The van der Waals surface area contributed by atoms with E-state index in [2.05, 4.69) is 4.98 Å². The zero-order chi connectivity index (χ0) is 10.0. The minimum atomic E-state index is -2.94. The summed E-state index contributed by atoms with van der Waals surface area (Å²) < 4.78 is 36.9. The topological polar surface area (TPSA) is 30.0 Å². The van der Waals surface area contributed by atoms with E-state index < -0.39 is 28.7 Å². The van der Waals surface area contributed by atoms with Crippen LogP contribution in [-0.2, 0) is 0 Å². The van der Waals surface area contributed by atoms with Crippen molar-refractivity contribution in [2.75, 3.05) is 0 Å². The number of aromatic nitrogens is 1. The maximum atomic E-state index is 12.5. The van der Waals surface area contributed by atoms with Crippen LogP contribution in [0.5, 0.6) is 0 Å². The molecule has 13 heavy (non-hydrogen) atoms. The van der Waals surface area contributed by atoms with Crippen molar-refractivity contribution >= 4 is 17.9 Å². The number of hydrogen-bond donors (Lipinski definition) is 0. The highest BCUT2D eigenvalue weighted by Gasteiger charge is 2.19. The Morgan fingerprint density at radius 2 is 2.15 bits per heavy atom. The number of carbonyl (C=O) groups is 1. The minimum Gasteiger partial charge on any atom is -0.298 e. The molecule has 0 bridgehead atoms. The fraction of sp³-hybridized carbons (Fsp3) is 0.143. The van der Waals surface area contributed by atoms with Crippen LogP contribution in [0.15, 0.2) is 6.07 Å². The number of rotatable bonds is 2. The van der Waals surface area contributed by atoms with Gasteiger partial charge in [-0.3, -0.25) is 4.79 Å². The Morgan fingerprint density at radius 3 is 2.62 bits per heavy atom. The molecule has 0 spiro atoms. The SMILES string of the molecule is O=Cc1cc(F)nc(Cl)c1C(F)F. The minimum absolute atomic E-state index is 0.109. The first-order valence-corrected chi connectivity index (χ1v) is 3.53. The molecule has 0 radical (unpaired) electrons. The van der Waals surface area contributed by atoms with Crippen molar-refractivity contribution in [1.82, 2.24) is 4.98 Å². The quantitative estimate of drug-likeness (QED) is 0.554. The van der Waals surface area contributed by atoms with Crippen molar-refractivity contribution in [2.24, 2.45) is 0 Å². The summed E-state index contributed by atoms with van der Waals surface area (Å²) in [5, 5.41) is -0.683. The third-order valence-corrected chi connectivity index (χ3v) is 1.65. The number of carbonyl (C=O) groups excluding carboxylic acids is 1. The van der Waals surface area contributed by atoms with Crippen molar-refractivity contribution < 1.29 is 18.0 Å². The largest absolute Gasteiger partial charge is 0.298 e. The highest BCUT2D eigenvalue weighted by molar-refractivity contribution is 6.30. The van der Waals surface area contributed by atoms with Crippen LogP contribution in [0.3, 0.4) is 0 Å². The molecule has 0 saturated heterocycles. The van der Waals surface area contributed by atoms with Crippen molar-refractivity contribution in [3.63, 3.8) is 0 Å². The maximum absolute atomic E-state index is 12.5. The van der Waals surface area contributed by atoms with Crippen molar-refractivity contribution in [3.8, 4) is 0 Å². The van der Waals surface area contributed by atoms with E-state index in [4.69, 9.17) is 11.6 Å². The van der Waals surface area contributed by atoms with Gasteiger partial charge < -0.3 is 0 Å². The second kappa shape index (κ2) is 3.74. The number of hydrogen-bond acceptors (Lipinski definition) is 2. The summed E-state index contributed by atoms with van der Waals surface area (Å²) in [5.74, 6) is -1.06. The fourth-order valence-corrected chi connectivity index (χ4v) is 1.10. The average Bonchev–Trinajstić information content (AvgIpc) is 2.01. The zero-order valence-corrected chi connectivity index (χ0v) is 6.86. The molecule has 0 amide bonds. The van der Waals surface area contributed by atoms with Crippen LogP contribution in [0.25, 0.3) is 0 Å². The van der Waals surface area contributed by atoms with Crippen molar-refractivity contribution in [1.29, 1.82) is 0 Å². The van der Waals surface area contributed by atoms with Gasteiger partial charge in [0.1, 0.15) is 5.15 Å². The second-order valence-electron chi connectivity index (χ2n) is 2.16. The third kappa shape index (κ3) is 1.98. The van der Waals surface area contributed by atoms with Gasteiger partial charge >= 0.3 is 0 Å². The molecule has 0 atom stereocenters. The van der Waals surface area contributed by atoms with Crippen LogP contribution in [0, 0.1) is 5.95 Å². The predicted molar refractivity (Wildman–Crippen MR) is 39.5 cm³/mol. The van der Waals surface area contributed by atoms with Gasteiger partial charge in [0, 0.05) is 11.6 Å². The van der Waals surface area contributed by atoms with Gasteiger partial charge in [0.25, 0.3) is 6.43 Å².